The van der Waals surface area contributed by atoms with Crippen LogP contribution in [0.5, 0.6) is 5.75 Å². The van der Waals surface area contributed by atoms with Crippen molar-refractivity contribution in [1.29, 1.82) is 0 Å². The Morgan fingerprint density at radius 3 is 2.73 bits per heavy atom. The molecule has 0 aromatic heterocycles. The molecule has 4 nitrogen and oxygen atoms in total. The average molecular weight is 406 g/mol. The van der Waals surface area contributed by atoms with E-state index in [1.54, 1.807) is 0 Å². The Morgan fingerprint density at radius 2 is 2.00 bits per heavy atom. The molecule has 1 saturated carbocycles. The summed E-state index contributed by atoms with van der Waals surface area (Å²) < 4.78 is 5.25. The molecule has 5 unspecified atom stereocenters. The molecule has 1 N–H and O–H groups in total. The molecule has 1 heterocycles. The summed E-state index contributed by atoms with van der Waals surface area (Å²) in [5.41, 5.74) is 3.38. The second-order valence-electron chi connectivity index (χ2n) is 9.79. The van der Waals surface area contributed by atoms with Crippen LogP contribution in [-0.2, 0) is 26.8 Å². The van der Waals surface area contributed by atoms with Gasteiger partial charge in [-0.25, -0.2) is 0 Å². The van der Waals surface area contributed by atoms with Crippen LogP contribution in [0.25, 0.3) is 0 Å². The van der Waals surface area contributed by atoms with E-state index in [1.165, 1.54) is 18.2 Å². The lowest BCUT2D eigenvalue weighted by atomic mass is 9.59. The topological polar surface area (TPSA) is 49.8 Å². The summed E-state index contributed by atoms with van der Waals surface area (Å²) in [5.74, 6) is 1.07. The number of hydrogen-bond donors (Lipinski definition) is 1. The number of esters is 1. The molecule has 2 aromatic rings. The Bertz CT molecular complexity index is 973. The predicted octanol–water partition coefficient (Wildman–Crippen LogP) is 4.05. The first-order valence-electron chi connectivity index (χ1n) is 11.1. The molecule has 1 aliphatic heterocycles. The van der Waals surface area contributed by atoms with Crippen molar-refractivity contribution < 1.29 is 14.6 Å². The molecule has 0 radical (unpaired) electrons. The minimum Gasteiger partial charge on any atom is -0.508 e. The van der Waals surface area contributed by atoms with Gasteiger partial charge in [0.15, 0.2) is 0 Å². The van der Waals surface area contributed by atoms with Gasteiger partial charge >= 0.3 is 5.97 Å². The monoisotopic (exact) mass is 405 g/mol. The summed E-state index contributed by atoms with van der Waals surface area (Å²) in [7, 11) is 1.50. The van der Waals surface area contributed by atoms with E-state index >= 15 is 0 Å². The van der Waals surface area contributed by atoms with Gasteiger partial charge in [0.1, 0.15) is 5.75 Å². The van der Waals surface area contributed by atoms with Gasteiger partial charge in [-0.15, -0.1) is 0 Å². The second kappa shape index (κ2) is 6.84. The predicted molar refractivity (Wildman–Crippen MR) is 117 cm³/mol. The molecule has 0 amide bonds. The largest absolute Gasteiger partial charge is 0.508 e. The van der Waals surface area contributed by atoms with Gasteiger partial charge in [-0.2, -0.15) is 0 Å². The Labute approximate surface area is 178 Å². The minimum atomic E-state index is -0.488. The molecule has 2 aromatic carbocycles. The fraction of sp³-hybridized carbons (Fsp3) is 0.500. The molecular formula is C26H31NO3. The van der Waals surface area contributed by atoms with Crippen molar-refractivity contribution >= 4 is 5.97 Å². The highest BCUT2D eigenvalue weighted by Gasteiger charge is 2.63. The van der Waals surface area contributed by atoms with Crippen molar-refractivity contribution in [3.63, 3.8) is 0 Å². The number of methoxy groups -OCH3 is 1. The molecule has 4 heteroatoms. The average Bonchev–Trinajstić information content (AvgIpc) is 3.48. The number of piperidine rings is 1. The molecule has 2 aliphatic carbocycles. The van der Waals surface area contributed by atoms with Crippen LogP contribution in [0.3, 0.4) is 0 Å². The number of ether oxygens (including phenoxy) is 1. The Balaban J connectivity index is 1.41. The van der Waals surface area contributed by atoms with E-state index in [-0.39, 0.29) is 11.4 Å². The van der Waals surface area contributed by atoms with Gasteiger partial charge in [-0.1, -0.05) is 50.2 Å². The maximum atomic E-state index is 12.8. The summed E-state index contributed by atoms with van der Waals surface area (Å²) >= 11 is 0. The van der Waals surface area contributed by atoms with Crippen LogP contribution < -0.4 is 0 Å². The number of rotatable bonds is 4. The highest BCUT2D eigenvalue weighted by atomic mass is 16.5. The Hall–Kier alpha value is -2.33. The smallest absolute Gasteiger partial charge is 0.316 e. The van der Waals surface area contributed by atoms with Gasteiger partial charge in [0.2, 0.25) is 0 Å². The molecule has 5 atom stereocenters. The van der Waals surface area contributed by atoms with E-state index in [1.807, 2.05) is 30.3 Å². The normalized spacial score (nSPS) is 34.8. The quantitative estimate of drug-likeness (QED) is 0.780. The number of carbonyl (C=O) groups is 1. The van der Waals surface area contributed by atoms with E-state index < -0.39 is 5.41 Å². The van der Waals surface area contributed by atoms with E-state index in [0.717, 1.165) is 37.9 Å². The fourth-order valence-corrected chi connectivity index (χ4v) is 6.39. The van der Waals surface area contributed by atoms with Crippen LogP contribution in [0, 0.1) is 11.8 Å². The van der Waals surface area contributed by atoms with Gasteiger partial charge in [0, 0.05) is 12.6 Å². The Morgan fingerprint density at radius 1 is 1.23 bits per heavy atom. The molecule has 1 saturated heterocycles. The van der Waals surface area contributed by atoms with Crippen LogP contribution in [0.4, 0.5) is 0 Å². The van der Waals surface area contributed by atoms with E-state index in [9.17, 15) is 9.90 Å². The number of likely N-dealkylation sites (tertiary alicyclic amines) is 1. The zero-order chi connectivity index (χ0) is 21.1. The van der Waals surface area contributed by atoms with Gasteiger partial charge < -0.3 is 9.84 Å². The van der Waals surface area contributed by atoms with Crippen molar-refractivity contribution in [2.75, 3.05) is 20.2 Å². The van der Waals surface area contributed by atoms with Crippen LogP contribution in [0.1, 0.15) is 43.4 Å². The maximum Gasteiger partial charge on any atom is 0.316 e. The lowest BCUT2D eigenvalue weighted by molar-refractivity contribution is -0.144. The van der Waals surface area contributed by atoms with Crippen molar-refractivity contribution in [3.8, 4) is 5.75 Å². The van der Waals surface area contributed by atoms with E-state index in [0.29, 0.717) is 23.6 Å². The first-order chi connectivity index (χ1) is 14.4. The third-order valence-corrected chi connectivity index (χ3v) is 8.51. The summed E-state index contributed by atoms with van der Waals surface area (Å²) in [6.07, 6.45) is 2.95. The van der Waals surface area contributed by atoms with E-state index in [2.05, 4.69) is 36.9 Å². The molecule has 2 fully saturated rings. The SMILES string of the molecule is COC(=O)C1(c2ccccc2)CC1CN1CCC2(C)c3cc(O)ccc3CC1C2C. The maximum absolute atomic E-state index is 12.8. The fourth-order valence-electron chi connectivity index (χ4n) is 6.39. The zero-order valence-electron chi connectivity index (χ0n) is 18.1. The van der Waals surface area contributed by atoms with Crippen LogP contribution in [-0.4, -0.2) is 42.2 Å². The third kappa shape index (κ3) is 2.73. The van der Waals surface area contributed by atoms with Gasteiger partial charge in [-0.3, -0.25) is 9.69 Å². The second-order valence-corrected chi connectivity index (χ2v) is 9.79. The standard InChI is InChI=1S/C26H31NO3/c1-17-23-13-18-9-10-21(28)14-22(18)25(17,2)11-12-27(23)16-20-15-26(20,24(29)30-3)19-7-5-4-6-8-19/h4-10,14,17,20,23,28H,11-13,15-16H2,1-3H3. The van der Waals surface area contributed by atoms with Gasteiger partial charge in [0.05, 0.1) is 12.5 Å². The lowest BCUT2D eigenvalue weighted by Crippen LogP contribution is -2.58. The summed E-state index contributed by atoms with van der Waals surface area (Å²) in [5, 5.41) is 10.1. The number of phenols is 1. The number of aromatic hydroxyl groups is 1. The zero-order valence-corrected chi connectivity index (χ0v) is 18.1. The lowest BCUT2D eigenvalue weighted by Gasteiger charge is -2.54. The van der Waals surface area contributed by atoms with Gasteiger partial charge in [-0.05, 0) is 71.9 Å². The number of nitrogens with zero attached hydrogens (tertiary/aromatic N) is 1. The van der Waals surface area contributed by atoms with Crippen molar-refractivity contribution in [3.05, 3.63) is 65.2 Å². The molecule has 3 aliphatic rings. The van der Waals surface area contributed by atoms with Crippen LogP contribution >= 0.6 is 0 Å². The summed E-state index contributed by atoms with van der Waals surface area (Å²) in [6, 6.07) is 16.5. The van der Waals surface area contributed by atoms with Crippen LogP contribution in [0.15, 0.2) is 48.5 Å². The molecule has 158 valence electrons. The van der Waals surface area contributed by atoms with Gasteiger partial charge in [0.25, 0.3) is 0 Å². The number of carbonyl (C=O) groups excluding carboxylic acids is 1. The number of fused-ring (bicyclic) bond motifs is 4. The summed E-state index contributed by atoms with van der Waals surface area (Å²) in [4.78, 5) is 15.4. The Kier molecular flexibility index (Phi) is 4.48. The number of benzene rings is 2. The molecule has 0 spiro atoms. The molecule has 2 bridgehead atoms. The highest BCUT2D eigenvalue weighted by molar-refractivity contribution is 5.87. The summed E-state index contributed by atoms with van der Waals surface area (Å²) in [6.45, 7) is 6.69. The molecule has 30 heavy (non-hydrogen) atoms. The highest BCUT2D eigenvalue weighted by Crippen LogP contribution is 2.57. The molecule has 5 rings (SSSR count). The van der Waals surface area contributed by atoms with Crippen LogP contribution in [0.2, 0.25) is 0 Å². The minimum absolute atomic E-state index is 0.0932. The number of hydrogen-bond acceptors (Lipinski definition) is 4. The van der Waals surface area contributed by atoms with Crippen molar-refractivity contribution in [2.45, 2.75) is 50.0 Å². The third-order valence-electron chi connectivity index (χ3n) is 8.51. The first kappa shape index (κ1) is 19.6. The first-order valence-corrected chi connectivity index (χ1v) is 11.1. The van der Waals surface area contributed by atoms with Crippen molar-refractivity contribution in [1.82, 2.24) is 4.90 Å². The molecular weight excluding hydrogens is 374 g/mol. The number of phenolic OH excluding ortho intramolecular Hbond substituents is 1. The van der Waals surface area contributed by atoms with Crippen molar-refractivity contribution in [2.24, 2.45) is 11.8 Å². The van der Waals surface area contributed by atoms with E-state index in [4.69, 9.17) is 4.74 Å².